The summed E-state index contributed by atoms with van der Waals surface area (Å²) in [7, 11) is 0. The molecule has 0 saturated carbocycles. The van der Waals surface area contributed by atoms with Gasteiger partial charge in [-0.2, -0.15) is 0 Å². The van der Waals surface area contributed by atoms with Gasteiger partial charge in [0.2, 0.25) is 0 Å². The molecule has 1 atom stereocenters. The summed E-state index contributed by atoms with van der Waals surface area (Å²) in [5.74, 6) is -3.21. The van der Waals surface area contributed by atoms with Crippen LogP contribution in [-0.2, 0) is 6.42 Å². The number of alkyl halides is 2. The SMILES string of the molecule is [CH]=CC(O)C(F)(F)Cc1ccccc1. The van der Waals surface area contributed by atoms with Crippen molar-refractivity contribution in [2.75, 3.05) is 0 Å². The summed E-state index contributed by atoms with van der Waals surface area (Å²) in [6.07, 6.45) is -1.81. The fraction of sp³-hybridized carbons (Fsp3) is 0.273. The molecule has 1 N–H and O–H groups in total. The highest BCUT2D eigenvalue weighted by atomic mass is 19.3. The molecule has 3 heteroatoms. The minimum absolute atomic E-state index is 0.471. The lowest BCUT2D eigenvalue weighted by Crippen LogP contribution is -2.33. The molecule has 75 valence electrons. The number of aliphatic hydroxyl groups is 1. The van der Waals surface area contributed by atoms with Gasteiger partial charge in [-0.05, 0) is 5.56 Å². The maximum absolute atomic E-state index is 13.1. The van der Waals surface area contributed by atoms with Gasteiger partial charge in [0.25, 0.3) is 5.92 Å². The van der Waals surface area contributed by atoms with Crippen molar-refractivity contribution in [1.29, 1.82) is 0 Å². The zero-order valence-electron chi connectivity index (χ0n) is 7.53. The van der Waals surface area contributed by atoms with Gasteiger partial charge in [0.05, 0.1) is 0 Å². The Morgan fingerprint density at radius 3 is 2.43 bits per heavy atom. The van der Waals surface area contributed by atoms with E-state index in [2.05, 4.69) is 0 Å². The van der Waals surface area contributed by atoms with Gasteiger partial charge < -0.3 is 5.11 Å². The van der Waals surface area contributed by atoms with Gasteiger partial charge in [0.1, 0.15) is 6.10 Å². The van der Waals surface area contributed by atoms with Crippen LogP contribution in [-0.4, -0.2) is 17.1 Å². The molecule has 14 heavy (non-hydrogen) atoms. The molecule has 1 aromatic carbocycles. The molecule has 1 aromatic rings. The summed E-state index contributed by atoms with van der Waals surface area (Å²) in [4.78, 5) is 0. The van der Waals surface area contributed by atoms with Crippen molar-refractivity contribution in [1.82, 2.24) is 0 Å². The minimum Gasteiger partial charge on any atom is -0.383 e. The van der Waals surface area contributed by atoms with Crippen molar-refractivity contribution < 1.29 is 13.9 Å². The molecule has 1 nitrogen and oxygen atoms in total. The van der Waals surface area contributed by atoms with E-state index >= 15 is 0 Å². The Balaban J connectivity index is 2.73. The van der Waals surface area contributed by atoms with Crippen molar-refractivity contribution in [3.8, 4) is 0 Å². The van der Waals surface area contributed by atoms with Crippen molar-refractivity contribution in [2.45, 2.75) is 18.4 Å². The second-order valence-electron chi connectivity index (χ2n) is 3.06. The van der Waals surface area contributed by atoms with E-state index in [-0.39, 0.29) is 0 Å². The first kappa shape index (κ1) is 10.9. The molecule has 1 rings (SSSR count). The largest absolute Gasteiger partial charge is 0.383 e. The third kappa shape index (κ3) is 2.64. The number of rotatable bonds is 4. The molecule has 0 aliphatic carbocycles. The van der Waals surface area contributed by atoms with Crippen LogP contribution in [0.3, 0.4) is 0 Å². The first-order chi connectivity index (χ1) is 6.56. The van der Waals surface area contributed by atoms with Crippen LogP contribution in [0.4, 0.5) is 8.78 Å². The average molecular weight is 197 g/mol. The number of benzene rings is 1. The van der Waals surface area contributed by atoms with Crippen LogP contribution < -0.4 is 0 Å². The van der Waals surface area contributed by atoms with Crippen LogP contribution in [0.15, 0.2) is 36.4 Å². The number of hydrogen-bond acceptors (Lipinski definition) is 1. The highest BCUT2D eigenvalue weighted by molar-refractivity contribution is 5.17. The molecule has 0 fully saturated rings. The fourth-order valence-electron chi connectivity index (χ4n) is 1.11. The summed E-state index contributed by atoms with van der Waals surface area (Å²) < 4.78 is 26.3. The predicted molar refractivity (Wildman–Crippen MR) is 50.0 cm³/mol. The smallest absolute Gasteiger partial charge is 0.280 e. The van der Waals surface area contributed by atoms with Gasteiger partial charge in [-0.15, -0.1) is 0 Å². The summed E-state index contributed by atoms with van der Waals surface area (Å²) in [6, 6.07) is 8.25. The molecule has 0 amide bonds. The van der Waals surface area contributed by atoms with Gasteiger partial charge in [-0.25, -0.2) is 8.78 Å². The molecule has 0 aromatic heterocycles. The van der Waals surface area contributed by atoms with Crippen LogP contribution in [0.5, 0.6) is 0 Å². The summed E-state index contributed by atoms with van der Waals surface area (Å²) in [6.45, 7) is 4.86. The van der Waals surface area contributed by atoms with Crippen molar-refractivity contribution in [3.05, 3.63) is 48.6 Å². The standard InChI is InChI=1S/C11H11F2O/c1-2-10(14)11(12,13)8-9-6-4-3-5-7-9/h1-7,10,14H,8H2. The van der Waals surface area contributed by atoms with E-state index in [0.717, 1.165) is 0 Å². The van der Waals surface area contributed by atoms with Gasteiger partial charge in [0.15, 0.2) is 0 Å². The monoisotopic (exact) mass is 197 g/mol. The quantitative estimate of drug-likeness (QED) is 0.784. The summed E-state index contributed by atoms with van der Waals surface area (Å²) in [5.41, 5.74) is 0.471. The molecule has 0 spiro atoms. The molecule has 1 radical (unpaired) electrons. The number of hydrogen-bond donors (Lipinski definition) is 1. The summed E-state index contributed by atoms with van der Waals surface area (Å²) >= 11 is 0. The van der Waals surface area contributed by atoms with E-state index < -0.39 is 18.4 Å². The van der Waals surface area contributed by atoms with E-state index in [4.69, 9.17) is 11.7 Å². The van der Waals surface area contributed by atoms with Crippen molar-refractivity contribution in [3.63, 3.8) is 0 Å². The highest BCUT2D eigenvalue weighted by Crippen LogP contribution is 2.24. The third-order valence-electron chi connectivity index (χ3n) is 1.90. The lowest BCUT2D eigenvalue weighted by Gasteiger charge is -2.19. The fourth-order valence-corrected chi connectivity index (χ4v) is 1.11. The predicted octanol–water partition coefficient (Wildman–Crippen LogP) is 2.21. The topological polar surface area (TPSA) is 20.2 Å². The van der Waals surface area contributed by atoms with Crippen LogP contribution in [0.25, 0.3) is 0 Å². The number of aliphatic hydroxyl groups excluding tert-OH is 1. The van der Waals surface area contributed by atoms with E-state index in [1.165, 1.54) is 0 Å². The normalized spacial score (nSPS) is 13.6. The van der Waals surface area contributed by atoms with Crippen molar-refractivity contribution in [2.24, 2.45) is 0 Å². The average Bonchev–Trinajstić information content (AvgIpc) is 2.17. The third-order valence-corrected chi connectivity index (χ3v) is 1.90. The lowest BCUT2D eigenvalue weighted by atomic mass is 10.0. The molecule has 0 saturated heterocycles. The second kappa shape index (κ2) is 4.33. The Bertz CT molecular complexity index is 295. The van der Waals surface area contributed by atoms with E-state index in [0.29, 0.717) is 11.6 Å². The zero-order valence-corrected chi connectivity index (χ0v) is 7.53. The van der Waals surface area contributed by atoms with Gasteiger partial charge >= 0.3 is 0 Å². The second-order valence-corrected chi connectivity index (χ2v) is 3.06. The lowest BCUT2D eigenvalue weighted by molar-refractivity contribution is -0.0852. The first-order valence-electron chi connectivity index (χ1n) is 4.21. The van der Waals surface area contributed by atoms with Gasteiger partial charge in [0, 0.05) is 6.42 Å². The minimum atomic E-state index is -3.21. The van der Waals surface area contributed by atoms with Crippen molar-refractivity contribution >= 4 is 0 Å². The van der Waals surface area contributed by atoms with Crippen LogP contribution in [0, 0.1) is 6.58 Å². The van der Waals surface area contributed by atoms with Crippen LogP contribution in [0.2, 0.25) is 0 Å². The Hall–Kier alpha value is -1.22. The highest BCUT2D eigenvalue weighted by Gasteiger charge is 2.36. The van der Waals surface area contributed by atoms with Crippen LogP contribution in [0.1, 0.15) is 5.56 Å². The van der Waals surface area contributed by atoms with E-state index in [1.54, 1.807) is 30.3 Å². The Labute approximate surface area is 81.7 Å². The molecule has 0 bridgehead atoms. The van der Waals surface area contributed by atoms with Gasteiger partial charge in [-0.3, -0.25) is 0 Å². The Morgan fingerprint density at radius 2 is 1.93 bits per heavy atom. The molecule has 0 aliphatic rings. The maximum atomic E-state index is 13.1. The Kier molecular flexibility index (Phi) is 3.36. The van der Waals surface area contributed by atoms with E-state index in [9.17, 15) is 8.78 Å². The first-order valence-corrected chi connectivity index (χ1v) is 4.21. The molecular formula is C11H11F2O. The molecule has 1 unspecified atom stereocenters. The van der Waals surface area contributed by atoms with Gasteiger partial charge in [-0.1, -0.05) is 43.0 Å². The summed E-state index contributed by atoms with van der Waals surface area (Å²) in [5, 5.41) is 8.92. The zero-order chi connectivity index (χ0) is 10.6. The number of halogens is 2. The molecular weight excluding hydrogens is 186 g/mol. The Morgan fingerprint density at radius 1 is 1.36 bits per heavy atom. The molecule has 0 aliphatic heterocycles. The molecule has 0 heterocycles. The van der Waals surface area contributed by atoms with Crippen LogP contribution >= 0.6 is 0 Å². The van der Waals surface area contributed by atoms with E-state index in [1.807, 2.05) is 0 Å². The maximum Gasteiger partial charge on any atom is 0.280 e.